The highest BCUT2D eigenvalue weighted by Crippen LogP contribution is 2.47. The van der Waals surface area contributed by atoms with E-state index in [2.05, 4.69) is 17.9 Å². The molecule has 1 fully saturated rings. The number of anilines is 1. The molecule has 2 aliphatic heterocycles. The van der Waals surface area contributed by atoms with Crippen LogP contribution in [0.3, 0.4) is 0 Å². The van der Waals surface area contributed by atoms with Crippen LogP contribution in [0.2, 0.25) is 0 Å². The summed E-state index contributed by atoms with van der Waals surface area (Å²) in [5.74, 6) is -0.0953. The first-order valence-electron chi connectivity index (χ1n) is 9.60. The number of carboxylic acids is 1. The van der Waals surface area contributed by atoms with Crippen molar-refractivity contribution in [3.8, 4) is 11.5 Å². The summed E-state index contributed by atoms with van der Waals surface area (Å²) in [4.78, 5) is 14.6. The molecule has 4 nitrogen and oxygen atoms in total. The lowest BCUT2D eigenvalue weighted by molar-refractivity contribution is -0.137. The van der Waals surface area contributed by atoms with Crippen molar-refractivity contribution in [2.45, 2.75) is 44.9 Å². The SMILES string of the molecule is CCCCc1cc(N2CCCC2)cc2c1C(C(=O)O)c1ccccc1O2.Cl. The maximum Gasteiger partial charge on any atom is 0.315 e. The molecule has 0 aromatic heterocycles. The van der Waals surface area contributed by atoms with Crippen molar-refractivity contribution in [2.75, 3.05) is 18.0 Å². The Labute approximate surface area is 166 Å². The number of fused-ring (bicyclic) bond motifs is 2. The van der Waals surface area contributed by atoms with Crippen LogP contribution in [0.1, 0.15) is 55.2 Å². The summed E-state index contributed by atoms with van der Waals surface area (Å²) in [5.41, 5.74) is 3.87. The highest BCUT2D eigenvalue weighted by Gasteiger charge is 2.35. The monoisotopic (exact) mass is 387 g/mol. The molecule has 0 aliphatic carbocycles. The van der Waals surface area contributed by atoms with Gasteiger partial charge >= 0.3 is 5.97 Å². The van der Waals surface area contributed by atoms with Crippen LogP contribution in [0.4, 0.5) is 5.69 Å². The van der Waals surface area contributed by atoms with E-state index >= 15 is 0 Å². The first-order chi connectivity index (χ1) is 12.7. The van der Waals surface area contributed by atoms with Crippen molar-refractivity contribution in [3.63, 3.8) is 0 Å². The number of aliphatic carboxylic acids is 1. The van der Waals surface area contributed by atoms with Gasteiger partial charge in [0.2, 0.25) is 0 Å². The molecule has 4 rings (SSSR count). The van der Waals surface area contributed by atoms with Crippen molar-refractivity contribution in [1.29, 1.82) is 0 Å². The molecular formula is C22H26ClNO3. The number of para-hydroxylation sites is 1. The minimum atomic E-state index is -0.811. The number of benzene rings is 2. The fourth-order valence-electron chi connectivity index (χ4n) is 4.15. The molecule has 0 spiro atoms. The van der Waals surface area contributed by atoms with Crippen molar-refractivity contribution in [2.24, 2.45) is 0 Å². The van der Waals surface area contributed by atoms with Gasteiger partial charge in [0, 0.05) is 36.0 Å². The Balaban J connectivity index is 0.00000210. The van der Waals surface area contributed by atoms with Crippen LogP contribution in [-0.2, 0) is 11.2 Å². The topological polar surface area (TPSA) is 49.8 Å². The van der Waals surface area contributed by atoms with Gasteiger partial charge in [0.25, 0.3) is 0 Å². The lowest BCUT2D eigenvalue weighted by Crippen LogP contribution is -2.22. The van der Waals surface area contributed by atoms with Gasteiger partial charge in [-0.05, 0) is 43.4 Å². The third-order valence-corrected chi connectivity index (χ3v) is 5.47. The van der Waals surface area contributed by atoms with Crippen molar-refractivity contribution >= 4 is 24.1 Å². The first kappa shape index (κ1) is 19.6. The minimum absolute atomic E-state index is 0. The Hall–Kier alpha value is -2.20. The number of rotatable bonds is 5. The number of hydrogen-bond acceptors (Lipinski definition) is 3. The molecule has 27 heavy (non-hydrogen) atoms. The molecule has 2 aliphatic rings. The second-order valence-electron chi connectivity index (χ2n) is 7.23. The summed E-state index contributed by atoms with van der Waals surface area (Å²) >= 11 is 0. The lowest BCUT2D eigenvalue weighted by Gasteiger charge is -2.30. The summed E-state index contributed by atoms with van der Waals surface area (Å²) in [6.07, 6.45) is 5.43. The summed E-state index contributed by atoms with van der Waals surface area (Å²) in [7, 11) is 0. The maximum atomic E-state index is 12.2. The Kier molecular flexibility index (Phi) is 5.95. The molecule has 1 saturated heterocycles. The van der Waals surface area contributed by atoms with Crippen molar-refractivity contribution < 1.29 is 14.6 Å². The summed E-state index contributed by atoms with van der Waals surface area (Å²) in [6, 6.07) is 11.8. The van der Waals surface area contributed by atoms with Gasteiger partial charge in [0.05, 0.1) is 0 Å². The largest absolute Gasteiger partial charge is 0.481 e. The minimum Gasteiger partial charge on any atom is -0.481 e. The molecule has 2 aromatic rings. The van der Waals surface area contributed by atoms with Crippen LogP contribution in [0, 0.1) is 0 Å². The number of unbranched alkanes of at least 4 members (excludes halogenated alkanes) is 1. The molecule has 5 heteroatoms. The van der Waals surface area contributed by atoms with Crippen LogP contribution < -0.4 is 9.64 Å². The number of nitrogens with zero attached hydrogens (tertiary/aromatic N) is 1. The molecule has 2 heterocycles. The fraction of sp³-hybridized carbons (Fsp3) is 0.409. The first-order valence-corrected chi connectivity index (χ1v) is 9.60. The molecule has 0 bridgehead atoms. The third-order valence-electron chi connectivity index (χ3n) is 5.47. The Morgan fingerprint density at radius 1 is 1.19 bits per heavy atom. The normalized spacial score (nSPS) is 17.5. The van der Waals surface area contributed by atoms with Crippen LogP contribution in [-0.4, -0.2) is 24.2 Å². The van der Waals surface area contributed by atoms with Gasteiger partial charge in [-0.15, -0.1) is 12.4 Å². The third kappa shape index (κ3) is 3.63. The van der Waals surface area contributed by atoms with E-state index in [0.29, 0.717) is 11.5 Å². The van der Waals surface area contributed by atoms with E-state index in [0.717, 1.165) is 54.7 Å². The van der Waals surface area contributed by atoms with Gasteiger partial charge < -0.3 is 14.7 Å². The maximum absolute atomic E-state index is 12.2. The zero-order valence-electron chi connectivity index (χ0n) is 15.6. The number of ether oxygens (including phenoxy) is 1. The van der Waals surface area contributed by atoms with E-state index < -0.39 is 11.9 Å². The van der Waals surface area contributed by atoms with Gasteiger partial charge in [0.15, 0.2) is 0 Å². The fourth-order valence-corrected chi connectivity index (χ4v) is 4.15. The zero-order valence-corrected chi connectivity index (χ0v) is 16.4. The van der Waals surface area contributed by atoms with E-state index in [-0.39, 0.29) is 12.4 Å². The molecule has 1 N–H and O–H groups in total. The number of halogens is 1. The van der Waals surface area contributed by atoms with E-state index in [1.807, 2.05) is 30.3 Å². The number of aryl methyl sites for hydroxylation is 1. The van der Waals surface area contributed by atoms with Crippen molar-refractivity contribution in [3.05, 3.63) is 53.1 Å². The molecule has 0 saturated carbocycles. The predicted octanol–water partition coefficient (Wildman–Crippen LogP) is 5.37. The summed E-state index contributed by atoms with van der Waals surface area (Å²) in [6.45, 7) is 4.28. The van der Waals surface area contributed by atoms with Crippen LogP contribution in [0.5, 0.6) is 11.5 Å². The van der Waals surface area contributed by atoms with Gasteiger partial charge in [-0.1, -0.05) is 31.5 Å². The van der Waals surface area contributed by atoms with Crippen LogP contribution in [0.15, 0.2) is 36.4 Å². The Morgan fingerprint density at radius 3 is 2.63 bits per heavy atom. The molecule has 0 amide bonds. The Morgan fingerprint density at radius 2 is 1.93 bits per heavy atom. The van der Waals surface area contributed by atoms with Gasteiger partial charge in [-0.25, -0.2) is 0 Å². The summed E-state index contributed by atoms with van der Waals surface area (Å²) in [5, 5.41) is 10.00. The van der Waals surface area contributed by atoms with Gasteiger partial charge in [0.1, 0.15) is 17.4 Å². The summed E-state index contributed by atoms with van der Waals surface area (Å²) < 4.78 is 6.19. The predicted molar refractivity (Wildman–Crippen MR) is 110 cm³/mol. The molecule has 1 atom stereocenters. The van der Waals surface area contributed by atoms with Gasteiger partial charge in [-0.2, -0.15) is 0 Å². The Bertz CT molecular complexity index is 830. The second kappa shape index (κ2) is 8.22. The number of hydrogen-bond donors (Lipinski definition) is 1. The van der Waals surface area contributed by atoms with Crippen molar-refractivity contribution in [1.82, 2.24) is 0 Å². The van der Waals surface area contributed by atoms with E-state index in [1.165, 1.54) is 12.8 Å². The van der Waals surface area contributed by atoms with E-state index in [9.17, 15) is 9.90 Å². The highest BCUT2D eigenvalue weighted by atomic mass is 35.5. The quantitative estimate of drug-likeness (QED) is 0.748. The van der Waals surface area contributed by atoms with Crippen LogP contribution in [0.25, 0.3) is 0 Å². The van der Waals surface area contributed by atoms with E-state index in [4.69, 9.17) is 4.74 Å². The van der Waals surface area contributed by atoms with Gasteiger partial charge in [-0.3, -0.25) is 4.79 Å². The lowest BCUT2D eigenvalue weighted by atomic mass is 9.83. The average molecular weight is 388 g/mol. The smallest absolute Gasteiger partial charge is 0.315 e. The van der Waals surface area contributed by atoms with E-state index in [1.54, 1.807) is 0 Å². The molecule has 144 valence electrons. The molecule has 1 unspecified atom stereocenters. The molecular weight excluding hydrogens is 362 g/mol. The number of carboxylic acid groups (broad SMARTS) is 1. The second-order valence-corrected chi connectivity index (χ2v) is 7.23. The van der Waals surface area contributed by atoms with Crippen LogP contribution >= 0.6 is 12.4 Å². The zero-order chi connectivity index (χ0) is 18.1. The standard InChI is InChI=1S/C22H25NO3.ClH/c1-2-3-8-15-13-16(23-11-6-7-12-23)14-19-20(15)21(22(24)25)17-9-4-5-10-18(17)26-19;/h4-5,9-10,13-14,21H,2-3,6-8,11-12H2,1H3,(H,24,25);1H. The molecule has 0 radical (unpaired) electrons. The average Bonchev–Trinajstić information content (AvgIpc) is 3.18. The molecule has 2 aromatic carbocycles. The highest BCUT2D eigenvalue weighted by molar-refractivity contribution is 5.86. The number of carbonyl (C=O) groups is 1.